The first-order valence-electron chi connectivity index (χ1n) is 6.97. The molecule has 3 rings (SSSR count). The molecule has 3 heteroatoms. The van der Waals surface area contributed by atoms with Gasteiger partial charge < -0.3 is 9.64 Å². The predicted molar refractivity (Wildman–Crippen MR) is 69.8 cm³/mol. The molecule has 1 aliphatic carbocycles. The van der Waals surface area contributed by atoms with Crippen molar-refractivity contribution in [2.45, 2.75) is 52.8 Å². The minimum Gasteiger partial charge on any atom is -0.353 e. The van der Waals surface area contributed by atoms with Crippen LogP contribution >= 0.6 is 0 Å². The van der Waals surface area contributed by atoms with Crippen molar-refractivity contribution in [1.82, 2.24) is 4.90 Å². The molecule has 3 nitrogen and oxygen atoms in total. The van der Waals surface area contributed by atoms with Crippen molar-refractivity contribution in [3.05, 3.63) is 11.6 Å². The van der Waals surface area contributed by atoms with Crippen LogP contribution in [-0.2, 0) is 9.53 Å². The van der Waals surface area contributed by atoms with Crippen molar-refractivity contribution < 1.29 is 9.53 Å². The number of hydrogen-bond acceptors (Lipinski definition) is 2. The van der Waals surface area contributed by atoms with Gasteiger partial charge in [-0.05, 0) is 33.1 Å². The van der Waals surface area contributed by atoms with Gasteiger partial charge in [0.1, 0.15) is 5.72 Å². The van der Waals surface area contributed by atoms with Gasteiger partial charge in [-0.2, -0.15) is 0 Å². The zero-order valence-corrected chi connectivity index (χ0v) is 12.0. The van der Waals surface area contributed by atoms with Crippen LogP contribution in [0.4, 0.5) is 0 Å². The second-order valence-electron chi connectivity index (χ2n) is 6.85. The Labute approximate surface area is 109 Å². The summed E-state index contributed by atoms with van der Waals surface area (Å²) in [6.07, 6.45) is 3.08. The molecule has 1 amide bonds. The van der Waals surface area contributed by atoms with Gasteiger partial charge in [-0.1, -0.05) is 25.5 Å². The number of carbonyl (C=O) groups is 1. The Bertz CT molecular complexity index is 442. The van der Waals surface area contributed by atoms with Crippen molar-refractivity contribution in [1.29, 1.82) is 0 Å². The van der Waals surface area contributed by atoms with E-state index in [2.05, 4.69) is 45.6 Å². The molecule has 0 saturated carbocycles. The lowest BCUT2D eigenvalue weighted by molar-refractivity contribution is -0.142. The monoisotopic (exact) mass is 249 g/mol. The molecule has 0 aromatic carbocycles. The summed E-state index contributed by atoms with van der Waals surface area (Å²) in [6, 6.07) is 0.234. The minimum absolute atomic E-state index is 0.223. The number of nitrogens with zero attached hydrogens (tertiary/aromatic N) is 1. The first-order valence-corrected chi connectivity index (χ1v) is 6.97. The molecule has 4 atom stereocenters. The van der Waals surface area contributed by atoms with Crippen LogP contribution in [0, 0.1) is 17.3 Å². The van der Waals surface area contributed by atoms with Gasteiger partial charge >= 0.3 is 0 Å². The molecule has 0 spiro atoms. The summed E-state index contributed by atoms with van der Waals surface area (Å²) in [5.74, 6) is 0.961. The SMILES string of the molecule is CC1=CC[C@]2(C)C(=O)N3[C@@H](C(C)C)CO[C@]3(C)[C@H]12. The second-order valence-corrected chi connectivity index (χ2v) is 6.85. The highest BCUT2D eigenvalue weighted by Gasteiger charge is 2.68. The molecule has 3 aliphatic rings. The van der Waals surface area contributed by atoms with Crippen LogP contribution in [0.15, 0.2) is 11.6 Å². The van der Waals surface area contributed by atoms with Gasteiger partial charge in [-0.25, -0.2) is 0 Å². The third-order valence-corrected chi connectivity index (χ3v) is 5.31. The Morgan fingerprint density at radius 3 is 2.72 bits per heavy atom. The Kier molecular flexibility index (Phi) is 2.30. The molecule has 0 N–H and O–H groups in total. The van der Waals surface area contributed by atoms with Crippen LogP contribution in [-0.4, -0.2) is 29.2 Å². The van der Waals surface area contributed by atoms with E-state index in [1.54, 1.807) is 0 Å². The summed E-state index contributed by atoms with van der Waals surface area (Å²) >= 11 is 0. The van der Waals surface area contributed by atoms with Crippen LogP contribution in [0.2, 0.25) is 0 Å². The van der Waals surface area contributed by atoms with Crippen molar-refractivity contribution in [2.24, 2.45) is 17.3 Å². The largest absolute Gasteiger partial charge is 0.353 e. The second kappa shape index (κ2) is 3.38. The Morgan fingerprint density at radius 2 is 2.11 bits per heavy atom. The molecule has 2 aliphatic heterocycles. The van der Waals surface area contributed by atoms with Gasteiger partial charge in [0.05, 0.1) is 18.1 Å². The van der Waals surface area contributed by atoms with E-state index in [1.807, 2.05) is 0 Å². The summed E-state index contributed by atoms with van der Waals surface area (Å²) in [5, 5.41) is 0. The fraction of sp³-hybridized carbons (Fsp3) is 0.800. The number of amides is 1. The summed E-state index contributed by atoms with van der Waals surface area (Å²) in [4.78, 5) is 14.9. The van der Waals surface area contributed by atoms with Crippen LogP contribution in [0.5, 0.6) is 0 Å². The molecule has 0 radical (unpaired) electrons. The summed E-state index contributed by atoms with van der Waals surface area (Å²) in [6.45, 7) is 11.4. The lowest BCUT2D eigenvalue weighted by atomic mass is 9.75. The topological polar surface area (TPSA) is 29.5 Å². The molecule has 0 bridgehead atoms. The van der Waals surface area contributed by atoms with E-state index in [9.17, 15) is 4.79 Å². The lowest BCUT2D eigenvalue weighted by Crippen LogP contribution is -2.48. The van der Waals surface area contributed by atoms with Crippen molar-refractivity contribution in [3.63, 3.8) is 0 Å². The van der Waals surface area contributed by atoms with Crippen LogP contribution in [0.1, 0.15) is 41.0 Å². The molecule has 2 heterocycles. The maximum absolute atomic E-state index is 12.9. The molecule has 2 fully saturated rings. The predicted octanol–water partition coefficient (Wildman–Crippen LogP) is 2.57. The molecule has 2 saturated heterocycles. The van der Waals surface area contributed by atoms with E-state index in [-0.39, 0.29) is 17.4 Å². The van der Waals surface area contributed by atoms with Crippen LogP contribution in [0.3, 0.4) is 0 Å². The maximum Gasteiger partial charge on any atom is 0.232 e. The van der Waals surface area contributed by atoms with Crippen molar-refractivity contribution in [2.75, 3.05) is 6.61 Å². The summed E-state index contributed by atoms with van der Waals surface area (Å²) in [5.41, 5.74) is 0.629. The van der Waals surface area contributed by atoms with Gasteiger partial charge in [0.25, 0.3) is 0 Å². The lowest BCUT2D eigenvalue weighted by Gasteiger charge is -2.35. The molecular weight excluding hydrogens is 226 g/mol. The number of fused-ring (bicyclic) bond motifs is 3. The molecule has 0 aromatic rings. The maximum atomic E-state index is 12.9. The van der Waals surface area contributed by atoms with E-state index >= 15 is 0 Å². The zero-order chi connectivity index (χ0) is 13.3. The van der Waals surface area contributed by atoms with Gasteiger partial charge in [0.2, 0.25) is 5.91 Å². The van der Waals surface area contributed by atoms with Gasteiger partial charge in [0.15, 0.2) is 0 Å². The van der Waals surface area contributed by atoms with Gasteiger partial charge in [0, 0.05) is 5.92 Å². The quantitative estimate of drug-likeness (QED) is 0.668. The van der Waals surface area contributed by atoms with E-state index in [0.29, 0.717) is 18.4 Å². The average molecular weight is 249 g/mol. The molecule has 0 aromatic heterocycles. The van der Waals surface area contributed by atoms with Crippen LogP contribution < -0.4 is 0 Å². The highest BCUT2D eigenvalue weighted by atomic mass is 16.5. The average Bonchev–Trinajstić information content (AvgIpc) is 2.82. The highest BCUT2D eigenvalue weighted by Crippen LogP contribution is 2.60. The fourth-order valence-electron chi connectivity index (χ4n) is 4.40. The standard InChI is InChI=1S/C15H23NO2/c1-9(2)11-8-18-15(5)12-10(3)6-7-14(12,4)13(17)16(11)15/h6,9,11-12H,7-8H2,1-5H3/t11-,12-,14+,15-/m1/s1. The third-order valence-electron chi connectivity index (χ3n) is 5.31. The smallest absolute Gasteiger partial charge is 0.232 e. The number of rotatable bonds is 1. The Balaban J connectivity index is 2.08. The summed E-state index contributed by atoms with van der Waals surface area (Å²) in [7, 11) is 0. The zero-order valence-electron chi connectivity index (χ0n) is 12.0. The Hall–Kier alpha value is -0.830. The third kappa shape index (κ3) is 1.16. The van der Waals surface area contributed by atoms with E-state index < -0.39 is 5.72 Å². The van der Waals surface area contributed by atoms with E-state index in [1.165, 1.54) is 5.57 Å². The van der Waals surface area contributed by atoms with Gasteiger partial charge in [-0.3, -0.25) is 4.79 Å². The molecular formula is C15H23NO2. The first kappa shape index (κ1) is 12.2. The fourth-order valence-corrected chi connectivity index (χ4v) is 4.40. The summed E-state index contributed by atoms with van der Waals surface area (Å²) < 4.78 is 6.12. The minimum atomic E-state index is -0.419. The van der Waals surface area contributed by atoms with Crippen molar-refractivity contribution in [3.8, 4) is 0 Å². The number of hydrogen-bond donors (Lipinski definition) is 0. The van der Waals surface area contributed by atoms with Crippen LogP contribution in [0.25, 0.3) is 0 Å². The van der Waals surface area contributed by atoms with E-state index in [0.717, 1.165) is 6.42 Å². The molecule has 18 heavy (non-hydrogen) atoms. The number of carbonyl (C=O) groups excluding carboxylic acids is 1. The number of allylic oxidation sites excluding steroid dienone is 1. The normalized spacial score (nSPS) is 46.7. The van der Waals surface area contributed by atoms with Crippen molar-refractivity contribution >= 4 is 5.91 Å². The first-order chi connectivity index (χ1) is 8.32. The van der Waals surface area contributed by atoms with E-state index in [4.69, 9.17) is 4.74 Å². The highest BCUT2D eigenvalue weighted by molar-refractivity contribution is 5.88. The number of ether oxygens (including phenoxy) is 1. The Morgan fingerprint density at radius 1 is 1.44 bits per heavy atom. The van der Waals surface area contributed by atoms with Gasteiger partial charge in [-0.15, -0.1) is 0 Å². The molecule has 0 unspecified atom stereocenters. The molecule has 100 valence electrons.